The fraction of sp³-hybridized carbons (Fsp3) is 1.00. The molecule has 0 amide bonds. The van der Waals surface area contributed by atoms with Crippen LogP contribution in [0.1, 0.15) is 110 Å². The van der Waals surface area contributed by atoms with Gasteiger partial charge in [0.25, 0.3) is 0 Å². The van der Waals surface area contributed by atoms with E-state index in [1.807, 2.05) is 0 Å². The third-order valence-corrected chi connectivity index (χ3v) is 5.07. The molecular weight excluding hydrogens is 423 g/mol. The molecule has 194 valence electrons. The number of ether oxygens (including phenoxy) is 3. The zero-order valence-corrected chi connectivity index (χ0v) is 22.2. The molecule has 1 aliphatic heterocycles. The Morgan fingerprint density at radius 3 is 0.903 bits per heavy atom. The third-order valence-electron chi connectivity index (χ3n) is 5.07. The van der Waals surface area contributed by atoms with Gasteiger partial charge in [-0.25, -0.2) is 0 Å². The number of hydrogen-bond donors (Lipinski definition) is 2. The molecule has 31 heavy (non-hydrogen) atoms. The summed E-state index contributed by atoms with van der Waals surface area (Å²) in [7, 11) is 0. The minimum absolute atomic E-state index is 0. The van der Waals surface area contributed by atoms with Gasteiger partial charge in [0.1, 0.15) is 0 Å². The van der Waals surface area contributed by atoms with Crippen LogP contribution in [-0.2, 0) is 14.2 Å². The van der Waals surface area contributed by atoms with E-state index in [0.717, 1.165) is 51.7 Å². The quantitative estimate of drug-likeness (QED) is 0.325. The minimum atomic E-state index is 0. The van der Waals surface area contributed by atoms with E-state index in [-0.39, 0.29) is 111 Å². The van der Waals surface area contributed by atoms with Crippen molar-refractivity contribution in [3.05, 3.63) is 0 Å². The largest absolute Gasteiger partial charge is 1.00 e. The van der Waals surface area contributed by atoms with E-state index in [1.54, 1.807) is 0 Å². The van der Waals surface area contributed by atoms with Crippen LogP contribution in [0.25, 0.3) is 0 Å². The number of aliphatic hydroxyl groups excluding tert-OH is 2. The van der Waals surface area contributed by atoms with Crippen LogP contribution in [-0.4, -0.2) is 66.5 Å². The molecule has 0 aromatic carbocycles. The molecule has 7 heteroatoms. The zero-order valence-electron chi connectivity index (χ0n) is 19.1. The topological polar surface area (TPSA) is 101 Å². The molecule has 6 nitrogen and oxygen atoms in total. The summed E-state index contributed by atoms with van der Waals surface area (Å²) in [6.07, 6.45) is 6.17. The van der Waals surface area contributed by atoms with Crippen molar-refractivity contribution in [2.45, 2.75) is 121 Å². The van der Waals surface area contributed by atoms with E-state index in [0.29, 0.717) is 13.2 Å². The molecule has 0 spiro atoms. The van der Waals surface area contributed by atoms with Gasteiger partial charge in [-0.05, 0) is 38.5 Å². The Bertz CT molecular complexity index is 228. The SMILES string of the molecule is C.C.C.C.C1CO1.CCC(CC)(CC)OCCO.CCC(CC)(CC)OCCO.[K+].[OH-]. The average Bonchev–Trinajstić information content (AvgIpc) is 3.55. The molecule has 0 aromatic heterocycles. The van der Waals surface area contributed by atoms with Gasteiger partial charge in [0.15, 0.2) is 0 Å². The Labute approximate surface area is 239 Å². The summed E-state index contributed by atoms with van der Waals surface area (Å²) in [6, 6.07) is 0. The van der Waals surface area contributed by atoms with E-state index >= 15 is 0 Å². The molecule has 0 aromatic rings. The first-order chi connectivity index (χ1) is 12.0. The van der Waals surface area contributed by atoms with E-state index in [4.69, 9.17) is 19.7 Å². The Balaban J connectivity index is -0.0000000424. The van der Waals surface area contributed by atoms with Crippen LogP contribution in [0.15, 0.2) is 0 Å². The number of rotatable bonds is 12. The number of epoxide rings is 1. The summed E-state index contributed by atoms with van der Waals surface area (Å²) < 4.78 is 15.7. The Morgan fingerprint density at radius 2 is 0.806 bits per heavy atom. The summed E-state index contributed by atoms with van der Waals surface area (Å²) in [5.41, 5.74) is 0.0332. The molecule has 1 rings (SSSR count). The van der Waals surface area contributed by atoms with E-state index < -0.39 is 0 Å². The van der Waals surface area contributed by atoms with Crippen molar-refractivity contribution < 1.29 is 81.3 Å². The Morgan fingerprint density at radius 1 is 0.613 bits per heavy atom. The average molecular weight is 485 g/mol. The van der Waals surface area contributed by atoms with Crippen LogP contribution < -0.4 is 51.4 Å². The third kappa shape index (κ3) is 29.4. The van der Waals surface area contributed by atoms with Gasteiger partial charge in [-0.2, -0.15) is 0 Å². The smallest absolute Gasteiger partial charge is 0.870 e. The second-order valence-electron chi connectivity index (χ2n) is 6.24. The first-order valence-corrected chi connectivity index (χ1v) is 10.1. The molecule has 1 aliphatic rings. The predicted molar refractivity (Wildman–Crippen MR) is 133 cm³/mol. The fourth-order valence-electron chi connectivity index (χ4n) is 2.64. The molecule has 1 saturated heterocycles. The van der Waals surface area contributed by atoms with Gasteiger partial charge < -0.3 is 29.9 Å². The molecule has 0 aliphatic carbocycles. The number of hydrogen-bond acceptors (Lipinski definition) is 6. The van der Waals surface area contributed by atoms with Crippen molar-refractivity contribution in [1.29, 1.82) is 0 Å². The van der Waals surface area contributed by atoms with Gasteiger partial charge in [0.2, 0.25) is 0 Å². The van der Waals surface area contributed by atoms with Crippen LogP contribution >= 0.6 is 0 Å². The molecule has 1 heterocycles. The van der Waals surface area contributed by atoms with Gasteiger partial charge in [0, 0.05) is 0 Å². The van der Waals surface area contributed by atoms with Gasteiger partial charge in [-0.1, -0.05) is 71.2 Å². The van der Waals surface area contributed by atoms with Crippen LogP contribution in [0, 0.1) is 0 Å². The second-order valence-corrected chi connectivity index (χ2v) is 6.24. The van der Waals surface area contributed by atoms with Crippen LogP contribution in [0.2, 0.25) is 0 Å². The van der Waals surface area contributed by atoms with Gasteiger partial charge >= 0.3 is 51.4 Å². The van der Waals surface area contributed by atoms with Crippen molar-refractivity contribution in [2.75, 3.05) is 39.6 Å². The van der Waals surface area contributed by atoms with Gasteiger partial charge in [-0.3, -0.25) is 0 Å². The Hall–Kier alpha value is 1.40. The van der Waals surface area contributed by atoms with Crippen LogP contribution in [0.3, 0.4) is 0 Å². The Kier molecular flexibility index (Phi) is 62.3. The van der Waals surface area contributed by atoms with E-state index in [2.05, 4.69) is 46.3 Å². The summed E-state index contributed by atoms with van der Waals surface area (Å²) in [4.78, 5) is 0. The summed E-state index contributed by atoms with van der Waals surface area (Å²) >= 11 is 0. The van der Waals surface area contributed by atoms with Crippen molar-refractivity contribution in [3.8, 4) is 0 Å². The molecule has 0 unspecified atom stereocenters. The number of aliphatic hydroxyl groups is 2. The van der Waals surface area contributed by atoms with E-state index in [9.17, 15) is 0 Å². The molecule has 0 saturated carbocycles. The summed E-state index contributed by atoms with van der Waals surface area (Å²) in [5, 5.41) is 17.2. The van der Waals surface area contributed by atoms with Crippen molar-refractivity contribution in [2.24, 2.45) is 0 Å². The molecule has 1 fully saturated rings. The van der Waals surface area contributed by atoms with E-state index in [1.165, 1.54) is 0 Å². The normalized spacial score (nSPS) is 10.8. The zero-order chi connectivity index (χ0) is 19.6. The summed E-state index contributed by atoms with van der Waals surface area (Å²) in [6.45, 7) is 16.0. The van der Waals surface area contributed by atoms with Crippen molar-refractivity contribution in [3.63, 3.8) is 0 Å². The summed E-state index contributed by atoms with van der Waals surface area (Å²) in [5.74, 6) is 0. The molecule has 0 bridgehead atoms. The molecule has 0 atom stereocenters. The molecule has 3 N–H and O–H groups in total. The molecule has 0 radical (unpaired) electrons. The minimum Gasteiger partial charge on any atom is -0.870 e. The predicted octanol–water partition coefficient (Wildman–Crippen LogP) is 3.32. The van der Waals surface area contributed by atoms with Crippen molar-refractivity contribution >= 4 is 0 Å². The standard InChI is InChI=1S/2C9H20O2.C2H4O.4CH4.K.H2O/c2*1-4-9(5-2,6-3)11-8-7-10;1-2-3-1;;;;;;/h2*10H,4-8H2,1-3H3;1-2H2;4*1H4;;1H2/q;;;;;;;+1;/p-1. The monoisotopic (exact) mass is 484 g/mol. The van der Waals surface area contributed by atoms with Gasteiger partial charge in [0.05, 0.1) is 50.8 Å². The van der Waals surface area contributed by atoms with Gasteiger partial charge in [-0.15, -0.1) is 0 Å². The maximum Gasteiger partial charge on any atom is 1.00 e. The first kappa shape index (κ1) is 53.7. The maximum atomic E-state index is 8.59. The first-order valence-electron chi connectivity index (χ1n) is 10.1. The van der Waals surface area contributed by atoms with Crippen LogP contribution in [0.4, 0.5) is 0 Å². The fourth-order valence-corrected chi connectivity index (χ4v) is 2.64. The van der Waals surface area contributed by atoms with Crippen molar-refractivity contribution in [1.82, 2.24) is 0 Å². The maximum absolute atomic E-state index is 8.59. The molecular formula is C24H61KO6. The van der Waals surface area contributed by atoms with Crippen LogP contribution in [0.5, 0.6) is 0 Å². The second kappa shape index (κ2) is 36.0.